The van der Waals surface area contributed by atoms with E-state index in [-0.39, 0.29) is 17.5 Å². The minimum atomic E-state index is -0.285. The van der Waals surface area contributed by atoms with Crippen molar-refractivity contribution >= 4 is 17.6 Å². The predicted octanol–water partition coefficient (Wildman–Crippen LogP) is 4.24. The average molecular weight is 406 g/mol. The Hall–Kier alpha value is -3.48. The molecular formula is C23H23FN4O2. The van der Waals surface area contributed by atoms with E-state index in [1.165, 1.54) is 6.07 Å². The molecule has 0 bridgehead atoms. The maximum atomic E-state index is 14.7. The van der Waals surface area contributed by atoms with Gasteiger partial charge in [-0.25, -0.2) is 4.39 Å². The molecule has 2 heterocycles. The van der Waals surface area contributed by atoms with Gasteiger partial charge < -0.3 is 15.2 Å². The molecule has 7 heteroatoms. The molecule has 0 spiro atoms. The third kappa shape index (κ3) is 4.25. The van der Waals surface area contributed by atoms with Crippen molar-refractivity contribution in [3.63, 3.8) is 0 Å². The molecule has 0 aliphatic carbocycles. The molecule has 3 aromatic rings. The molecule has 1 fully saturated rings. The highest BCUT2D eigenvalue weighted by atomic mass is 19.1. The van der Waals surface area contributed by atoms with Crippen molar-refractivity contribution in [2.45, 2.75) is 25.7 Å². The summed E-state index contributed by atoms with van der Waals surface area (Å²) in [5, 5.41) is 3.97. The van der Waals surface area contributed by atoms with Crippen LogP contribution < -0.4 is 5.73 Å². The molecule has 6 nitrogen and oxygen atoms in total. The highest BCUT2D eigenvalue weighted by Crippen LogP contribution is 2.30. The van der Waals surface area contributed by atoms with Crippen LogP contribution in [0.3, 0.4) is 0 Å². The third-order valence-corrected chi connectivity index (χ3v) is 5.39. The maximum Gasteiger partial charge on any atom is 0.198 e. The first-order chi connectivity index (χ1) is 14.5. The molecule has 1 aliphatic rings. The standard InChI is InChI=1S/C23H23FN4O2/c1-15(17-7-8-19(20(24)13-17)16-5-3-2-4-6-16)21-14-22(27-30-21)26-23(25)28-11-9-18(29)10-12-28/h2-8,13-15H,9-12H2,1H3,(H2,25,26,27). The van der Waals surface area contributed by atoms with Crippen LogP contribution in [-0.4, -0.2) is 34.9 Å². The Morgan fingerprint density at radius 2 is 1.90 bits per heavy atom. The van der Waals surface area contributed by atoms with Gasteiger partial charge >= 0.3 is 0 Å². The molecule has 0 saturated carbocycles. The lowest BCUT2D eigenvalue weighted by Crippen LogP contribution is -2.42. The third-order valence-electron chi connectivity index (χ3n) is 5.39. The Morgan fingerprint density at radius 1 is 1.17 bits per heavy atom. The fourth-order valence-electron chi connectivity index (χ4n) is 3.53. The van der Waals surface area contributed by atoms with Crippen LogP contribution >= 0.6 is 0 Å². The van der Waals surface area contributed by atoms with Crippen LogP contribution in [-0.2, 0) is 4.79 Å². The van der Waals surface area contributed by atoms with Gasteiger partial charge in [0.15, 0.2) is 11.8 Å². The van der Waals surface area contributed by atoms with Gasteiger partial charge in [-0.05, 0) is 17.2 Å². The number of aromatic nitrogens is 1. The largest absolute Gasteiger partial charge is 0.369 e. The maximum absolute atomic E-state index is 14.7. The zero-order valence-corrected chi connectivity index (χ0v) is 16.7. The second-order valence-electron chi connectivity index (χ2n) is 7.41. The van der Waals surface area contributed by atoms with E-state index in [1.807, 2.05) is 48.2 Å². The molecule has 30 heavy (non-hydrogen) atoms. The number of guanidine groups is 1. The van der Waals surface area contributed by atoms with Crippen LogP contribution in [0.15, 0.2) is 64.1 Å². The van der Waals surface area contributed by atoms with Gasteiger partial charge in [-0.15, -0.1) is 0 Å². The molecule has 154 valence electrons. The Kier molecular flexibility index (Phi) is 5.61. The smallest absolute Gasteiger partial charge is 0.198 e. The number of likely N-dealkylation sites (tertiary alicyclic amines) is 1. The summed E-state index contributed by atoms with van der Waals surface area (Å²) in [6.07, 6.45) is 0.948. The first-order valence-electron chi connectivity index (χ1n) is 9.93. The molecule has 1 saturated heterocycles. The molecule has 0 amide bonds. The summed E-state index contributed by atoms with van der Waals surface area (Å²) >= 11 is 0. The van der Waals surface area contributed by atoms with Gasteiger partial charge in [0.2, 0.25) is 0 Å². The number of hydrogen-bond acceptors (Lipinski definition) is 4. The van der Waals surface area contributed by atoms with Crippen LogP contribution in [0, 0.1) is 5.82 Å². The lowest BCUT2D eigenvalue weighted by molar-refractivity contribution is -0.120. The van der Waals surface area contributed by atoms with Crippen molar-refractivity contribution in [1.82, 2.24) is 10.1 Å². The Bertz CT molecular complexity index is 1070. The lowest BCUT2D eigenvalue weighted by Gasteiger charge is -2.26. The minimum Gasteiger partial charge on any atom is -0.369 e. The summed E-state index contributed by atoms with van der Waals surface area (Å²) in [4.78, 5) is 17.5. The zero-order valence-electron chi connectivity index (χ0n) is 16.7. The molecule has 1 aromatic heterocycles. The van der Waals surface area contributed by atoms with E-state index in [2.05, 4.69) is 10.1 Å². The van der Waals surface area contributed by atoms with Gasteiger partial charge in [0.1, 0.15) is 17.4 Å². The van der Waals surface area contributed by atoms with Crippen LogP contribution in [0.25, 0.3) is 11.1 Å². The average Bonchev–Trinajstić information content (AvgIpc) is 3.22. The molecule has 1 aliphatic heterocycles. The molecule has 1 atom stereocenters. The van der Waals surface area contributed by atoms with Gasteiger partial charge in [0.25, 0.3) is 0 Å². The quantitative estimate of drug-likeness (QED) is 0.517. The minimum absolute atomic E-state index is 0.199. The molecule has 4 rings (SSSR count). The number of carbonyl (C=O) groups is 1. The van der Waals surface area contributed by atoms with E-state index in [1.54, 1.807) is 12.1 Å². The van der Waals surface area contributed by atoms with Gasteiger partial charge in [-0.2, -0.15) is 4.99 Å². The Balaban J connectivity index is 1.50. The second kappa shape index (κ2) is 8.49. The normalized spacial score (nSPS) is 16.0. The SMILES string of the molecule is CC(c1ccc(-c2ccccc2)c(F)c1)c1cc(N=C(N)N2CCC(=O)CC2)no1. The zero-order chi connectivity index (χ0) is 21.1. The summed E-state index contributed by atoms with van der Waals surface area (Å²) in [7, 11) is 0. The molecule has 2 aromatic carbocycles. The highest BCUT2D eigenvalue weighted by molar-refractivity contribution is 5.85. The summed E-state index contributed by atoms with van der Waals surface area (Å²) in [6.45, 7) is 3.04. The first-order valence-corrected chi connectivity index (χ1v) is 9.93. The molecule has 0 radical (unpaired) electrons. The number of Topliss-reactive ketones (excluding diaryl/α,β-unsaturated/α-hetero) is 1. The van der Waals surface area contributed by atoms with Crippen molar-refractivity contribution in [3.05, 3.63) is 71.7 Å². The molecular weight excluding hydrogens is 383 g/mol. The topological polar surface area (TPSA) is 84.7 Å². The number of piperidine rings is 1. The van der Waals surface area contributed by atoms with Crippen LogP contribution in [0.4, 0.5) is 10.2 Å². The summed E-state index contributed by atoms with van der Waals surface area (Å²) in [5.74, 6) is 0.993. The number of aliphatic imine (C=N–C) groups is 1. The van der Waals surface area contributed by atoms with E-state index < -0.39 is 0 Å². The summed E-state index contributed by atoms with van der Waals surface area (Å²) < 4.78 is 20.1. The number of ketones is 1. The van der Waals surface area contributed by atoms with E-state index in [0.29, 0.717) is 49.0 Å². The van der Waals surface area contributed by atoms with Crippen molar-refractivity contribution in [1.29, 1.82) is 0 Å². The highest BCUT2D eigenvalue weighted by Gasteiger charge is 2.19. The van der Waals surface area contributed by atoms with Crippen LogP contribution in [0.1, 0.15) is 37.0 Å². The van der Waals surface area contributed by atoms with Crippen LogP contribution in [0.2, 0.25) is 0 Å². The number of benzene rings is 2. The van der Waals surface area contributed by atoms with Crippen molar-refractivity contribution < 1.29 is 13.7 Å². The predicted molar refractivity (Wildman–Crippen MR) is 113 cm³/mol. The van der Waals surface area contributed by atoms with Gasteiger partial charge in [0.05, 0.1) is 0 Å². The van der Waals surface area contributed by atoms with Gasteiger partial charge in [-0.1, -0.05) is 54.5 Å². The fraction of sp³-hybridized carbons (Fsp3) is 0.261. The second-order valence-corrected chi connectivity index (χ2v) is 7.41. The summed E-state index contributed by atoms with van der Waals surface area (Å²) in [5.41, 5.74) is 8.22. The number of nitrogens with two attached hydrogens (primary N) is 1. The van der Waals surface area contributed by atoms with Crippen molar-refractivity contribution in [2.75, 3.05) is 13.1 Å². The number of rotatable bonds is 4. The van der Waals surface area contributed by atoms with Gasteiger partial charge in [-0.3, -0.25) is 4.79 Å². The Labute approximate surface area is 174 Å². The number of carbonyl (C=O) groups excluding carboxylic acids is 1. The van der Waals surface area contributed by atoms with Gasteiger partial charge in [0, 0.05) is 43.5 Å². The Morgan fingerprint density at radius 3 is 2.60 bits per heavy atom. The van der Waals surface area contributed by atoms with E-state index in [9.17, 15) is 9.18 Å². The summed E-state index contributed by atoms with van der Waals surface area (Å²) in [6, 6.07) is 16.3. The molecule has 1 unspecified atom stereocenters. The van der Waals surface area contributed by atoms with Crippen molar-refractivity contribution in [3.8, 4) is 11.1 Å². The van der Waals surface area contributed by atoms with E-state index >= 15 is 0 Å². The van der Waals surface area contributed by atoms with Crippen LogP contribution in [0.5, 0.6) is 0 Å². The monoisotopic (exact) mass is 406 g/mol. The van der Waals surface area contributed by atoms with E-state index in [0.717, 1.165) is 11.1 Å². The number of nitrogens with zero attached hydrogens (tertiary/aromatic N) is 3. The van der Waals surface area contributed by atoms with Crippen molar-refractivity contribution in [2.24, 2.45) is 10.7 Å². The van der Waals surface area contributed by atoms with E-state index in [4.69, 9.17) is 10.3 Å². The molecule has 2 N–H and O–H groups in total. The number of halogens is 1. The first kappa shape index (κ1) is 19.8. The lowest BCUT2D eigenvalue weighted by atomic mass is 9.95. The fourth-order valence-corrected chi connectivity index (χ4v) is 3.53. The number of hydrogen-bond donors (Lipinski definition) is 1.